The number of amides is 2. The van der Waals surface area contributed by atoms with E-state index in [4.69, 9.17) is 4.74 Å². The van der Waals surface area contributed by atoms with Crippen LogP contribution in [0.4, 0.5) is 0 Å². The molecule has 0 aliphatic carbocycles. The van der Waals surface area contributed by atoms with Crippen LogP contribution in [0.1, 0.15) is 27.1 Å². The molecule has 1 aromatic rings. The molecule has 0 N–H and O–H groups in total. The van der Waals surface area contributed by atoms with Crippen molar-refractivity contribution < 1.29 is 22.7 Å². The normalized spacial score (nSPS) is 22.4. The van der Waals surface area contributed by atoms with E-state index in [1.807, 2.05) is 4.90 Å². The van der Waals surface area contributed by atoms with E-state index in [9.17, 15) is 18.0 Å². The fourth-order valence-corrected chi connectivity index (χ4v) is 4.95. The van der Waals surface area contributed by atoms with Gasteiger partial charge in [0.25, 0.3) is 11.8 Å². The summed E-state index contributed by atoms with van der Waals surface area (Å²) in [5.41, 5.74) is 0.793. The minimum atomic E-state index is -3.05. The number of fused-ring (bicyclic) bond motifs is 1. The molecule has 0 aromatic heterocycles. The maximum Gasteiger partial charge on any atom is 0.262 e. The first kappa shape index (κ1) is 17.1. The molecule has 0 saturated carbocycles. The Morgan fingerprint density at radius 3 is 2.33 bits per heavy atom. The van der Waals surface area contributed by atoms with Crippen LogP contribution in [0.25, 0.3) is 0 Å². The molecule has 1 atom stereocenters. The number of ether oxygens (including phenoxy) is 1. The van der Waals surface area contributed by atoms with Crippen LogP contribution in [0.15, 0.2) is 24.3 Å². The van der Waals surface area contributed by atoms with Crippen LogP contribution in [-0.2, 0) is 14.6 Å². The Labute approximate surface area is 141 Å². The molecule has 3 rings (SSSR count). The smallest absolute Gasteiger partial charge is 0.262 e. The topological polar surface area (TPSA) is 84.0 Å². The predicted molar refractivity (Wildman–Crippen MR) is 87.4 cm³/mol. The second-order valence-corrected chi connectivity index (χ2v) is 8.32. The van der Waals surface area contributed by atoms with Gasteiger partial charge in [0.1, 0.15) is 0 Å². The molecule has 0 radical (unpaired) electrons. The number of nitrogens with zero attached hydrogens (tertiary/aromatic N) is 2. The Morgan fingerprint density at radius 2 is 1.83 bits per heavy atom. The average molecular weight is 352 g/mol. The molecule has 1 aromatic carbocycles. The fraction of sp³-hybridized carbons (Fsp3) is 0.500. The van der Waals surface area contributed by atoms with Crippen LogP contribution in [0, 0.1) is 0 Å². The van der Waals surface area contributed by atoms with Gasteiger partial charge < -0.3 is 4.74 Å². The Morgan fingerprint density at radius 1 is 1.21 bits per heavy atom. The number of hydrogen-bond donors (Lipinski definition) is 0. The number of rotatable bonds is 6. The molecule has 0 spiro atoms. The van der Waals surface area contributed by atoms with Crippen molar-refractivity contribution in [3.63, 3.8) is 0 Å². The number of hydrogen-bond acceptors (Lipinski definition) is 6. The number of imide groups is 1. The van der Waals surface area contributed by atoms with E-state index in [0.29, 0.717) is 30.7 Å². The SMILES string of the molecule is COCCN(CN1C(=O)c2ccccc2C1=O)[C@@H]1CCS(=O)(=O)C1. The van der Waals surface area contributed by atoms with Gasteiger partial charge in [-0.1, -0.05) is 12.1 Å². The summed E-state index contributed by atoms with van der Waals surface area (Å²) >= 11 is 0. The zero-order chi connectivity index (χ0) is 17.3. The van der Waals surface area contributed by atoms with Crippen LogP contribution in [0.5, 0.6) is 0 Å². The molecule has 130 valence electrons. The van der Waals surface area contributed by atoms with Crippen LogP contribution in [-0.4, -0.2) is 74.5 Å². The Balaban J connectivity index is 1.78. The third-order valence-electron chi connectivity index (χ3n) is 4.51. The van der Waals surface area contributed by atoms with E-state index in [0.717, 1.165) is 0 Å². The lowest BCUT2D eigenvalue weighted by Gasteiger charge is -2.31. The van der Waals surface area contributed by atoms with Crippen LogP contribution in [0.2, 0.25) is 0 Å². The first-order valence-electron chi connectivity index (χ1n) is 7.81. The van der Waals surface area contributed by atoms with Crippen molar-refractivity contribution in [3.8, 4) is 0 Å². The highest BCUT2D eigenvalue weighted by atomic mass is 32.2. The third-order valence-corrected chi connectivity index (χ3v) is 6.26. The van der Waals surface area contributed by atoms with E-state index >= 15 is 0 Å². The molecule has 1 saturated heterocycles. The number of benzene rings is 1. The standard InChI is InChI=1S/C16H20N2O5S/c1-23-8-7-17(12-6-9-24(21,22)10-12)11-18-15(19)13-4-2-3-5-14(13)16(18)20/h2-5,12H,6-11H2,1H3/t12-/m1/s1. The van der Waals surface area contributed by atoms with Gasteiger partial charge in [-0.25, -0.2) is 8.42 Å². The Hall–Kier alpha value is -1.77. The predicted octanol–water partition coefficient (Wildman–Crippen LogP) is 0.376. The summed E-state index contributed by atoms with van der Waals surface area (Å²) in [7, 11) is -1.49. The first-order chi connectivity index (χ1) is 11.4. The van der Waals surface area contributed by atoms with Crippen LogP contribution < -0.4 is 0 Å². The molecular formula is C16H20N2O5S. The van der Waals surface area contributed by atoms with E-state index in [1.165, 1.54) is 4.90 Å². The van der Waals surface area contributed by atoms with Gasteiger partial charge >= 0.3 is 0 Å². The zero-order valence-corrected chi connectivity index (χ0v) is 14.3. The summed E-state index contributed by atoms with van der Waals surface area (Å²) in [6, 6.07) is 6.51. The van der Waals surface area contributed by atoms with Gasteiger partial charge in [0.15, 0.2) is 9.84 Å². The zero-order valence-electron chi connectivity index (χ0n) is 13.5. The molecule has 0 unspecified atom stereocenters. The van der Waals surface area contributed by atoms with Crippen molar-refractivity contribution in [2.24, 2.45) is 0 Å². The monoisotopic (exact) mass is 352 g/mol. The molecular weight excluding hydrogens is 332 g/mol. The van der Waals surface area contributed by atoms with Crippen molar-refractivity contribution in [1.29, 1.82) is 0 Å². The van der Waals surface area contributed by atoms with Crippen LogP contribution >= 0.6 is 0 Å². The van der Waals surface area contributed by atoms with Crippen molar-refractivity contribution in [3.05, 3.63) is 35.4 Å². The Bertz CT molecular complexity index is 726. The summed E-state index contributed by atoms with van der Waals surface area (Å²) in [5, 5.41) is 0. The van der Waals surface area contributed by atoms with Crippen molar-refractivity contribution in [2.75, 3.05) is 38.4 Å². The van der Waals surface area contributed by atoms with E-state index in [1.54, 1.807) is 31.4 Å². The largest absolute Gasteiger partial charge is 0.383 e. The van der Waals surface area contributed by atoms with Crippen molar-refractivity contribution in [2.45, 2.75) is 12.5 Å². The van der Waals surface area contributed by atoms with Gasteiger partial charge in [0, 0.05) is 19.7 Å². The number of carbonyl (C=O) groups excluding carboxylic acids is 2. The molecule has 2 aliphatic rings. The minimum Gasteiger partial charge on any atom is -0.383 e. The van der Waals surface area contributed by atoms with Gasteiger partial charge in [0.2, 0.25) is 0 Å². The van der Waals surface area contributed by atoms with E-state index in [-0.39, 0.29) is 36.0 Å². The lowest BCUT2D eigenvalue weighted by Crippen LogP contribution is -2.47. The molecule has 0 bridgehead atoms. The first-order valence-corrected chi connectivity index (χ1v) is 9.64. The van der Waals surface area contributed by atoms with Gasteiger partial charge in [-0.05, 0) is 18.6 Å². The minimum absolute atomic E-state index is 0.0554. The third kappa shape index (κ3) is 3.22. The van der Waals surface area contributed by atoms with Gasteiger partial charge in [0.05, 0.1) is 35.9 Å². The summed E-state index contributed by atoms with van der Waals surface area (Å²) in [5.74, 6) is -0.471. The van der Waals surface area contributed by atoms with Gasteiger partial charge in [-0.2, -0.15) is 0 Å². The number of methoxy groups -OCH3 is 1. The second kappa shape index (κ2) is 6.62. The summed E-state index contributed by atoms with van der Waals surface area (Å²) in [6.07, 6.45) is 0.509. The quantitative estimate of drug-likeness (QED) is 0.688. The van der Waals surface area contributed by atoms with Gasteiger partial charge in [-0.3, -0.25) is 19.4 Å². The highest BCUT2D eigenvalue weighted by Gasteiger charge is 2.39. The highest BCUT2D eigenvalue weighted by Crippen LogP contribution is 2.24. The van der Waals surface area contributed by atoms with E-state index < -0.39 is 9.84 Å². The van der Waals surface area contributed by atoms with Crippen molar-refractivity contribution in [1.82, 2.24) is 9.80 Å². The van der Waals surface area contributed by atoms with E-state index in [2.05, 4.69) is 0 Å². The molecule has 24 heavy (non-hydrogen) atoms. The molecule has 2 aliphatic heterocycles. The Kier molecular flexibility index (Phi) is 4.71. The maximum absolute atomic E-state index is 12.5. The van der Waals surface area contributed by atoms with Crippen LogP contribution in [0.3, 0.4) is 0 Å². The average Bonchev–Trinajstić information content (AvgIpc) is 3.04. The molecule has 8 heteroatoms. The molecule has 2 amide bonds. The molecule has 1 fully saturated rings. The number of sulfone groups is 1. The summed E-state index contributed by atoms with van der Waals surface area (Å²) in [4.78, 5) is 28.0. The number of carbonyl (C=O) groups is 2. The lowest BCUT2D eigenvalue weighted by molar-refractivity contribution is 0.0441. The highest BCUT2D eigenvalue weighted by molar-refractivity contribution is 7.91. The lowest BCUT2D eigenvalue weighted by atomic mass is 10.1. The summed E-state index contributed by atoms with van der Waals surface area (Å²) < 4.78 is 28.6. The molecule has 7 nitrogen and oxygen atoms in total. The fourth-order valence-electron chi connectivity index (χ4n) is 3.19. The molecule has 2 heterocycles. The maximum atomic E-state index is 12.5. The summed E-state index contributed by atoms with van der Waals surface area (Å²) in [6.45, 7) is 0.944. The van der Waals surface area contributed by atoms with Crippen molar-refractivity contribution >= 4 is 21.7 Å². The second-order valence-electron chi connectivity index (χ2n) is 6.09. The van der Waals surface area contributed by atoms with Gasteiger partial charge in [-0.15, -0.1) is 0 Å².